The van der Waals surface area contributed by atoms with Gasteiger partial charge in [0.15, 0.2) is 0 Å². The maximum Gasteiger partial charge on any atom is 0.223 e. The average molecular weight is 362 g/mol. The lowest BCUT2D eigenvalue weighted by Crippen LogP contribution is -2.39. The normalized spacial score (nSPS) is 21.8. The quantitative estimate of drug-likeness (QED) is 0.759. The molecule has 140 valence electrons. The molecule has 8 heteroatoms. The first-order chi connectivity index (χ1) is 11.3. The molecule has 7 nitrogen and oxygen atoms in total. The maximum atomic E-state index is 12.5. The first-order valence-electron chi connectivity index (χ1n) is 8.80. The summed E-state index contributed by atoms with van der Waals surface area (Å²) >= 11 is 0. The van der Waals surface area contributed by atoms with E-state index in [9.17, 15) is 18.0 Å². The molecule has 0 radical (unpaired) electrons. The van der Waals surface area contributed by atoms with Gasteiger partial charge >= 0.3 is 0 Å². The zero-order valence-electron chi connectivity index (χ0n) is 15.0. The van der Waals surface area contributed by atoms with E-state index >= 15 is 0 Å². The Kier molecular flexibility index (Phi) is 8.69. The van der Waals surface area contributed by atoms with Gasteiger partial charge in [0.1, 0.15) is 0 Å². The molecular formula is C16H31N3O4S. The molecular weight excluding hydrogens is 330 g/mol. The second-order valence-electron chi connectivity index (χ2n) is 6.41. The molecule has 2 N–H and O–H groups in total. The number of hydrogen-bond donors (Lipinski definition) is 2. The largest absolute Gasteiger partial charge is 0.356 e. The van der Waals surface area contributed by atoms with E-state index in [1.54, 1.807) is 0 Å². The minimum Gasteiger partial charge on any atom is -0.356 e. The summed E-state index contributed by atoms with van der Waals surface area (Å²) in [5, 5.41) is 5.83. The minimum absolute atomic E-state index is 0.00287. The molecule has 1 aliphatic rings. The fourth-order valence-electron chi connectivity index (χ4n) is 2.88. The van der Waals surface area contributed by atoms with Gasteiger partial charge in [-0.15, -0.1) is 0 Å². The van der Waals surface area contributed by atoms with E-state index in [-0.39, 0.29) is 36.7 Å². The van der Waals surface area contributed by atoms with E-state index in [0.29, 0.717) is 32.4 Å². The van der Waals surface area contributed by atoms with Crippen molar-refractivity contribution in [1.82, 2.24) is 14.9 Å². The van der Waals surface area contributed by atoms with Crippen LogP contribution in [0.4, 0.5) is 0 Å². The summed E-state index contributed by atoms with van der Waals surface area (Å²) in [7, 11) is -3.34. The lowest BCUT2D eigenvalue weighted by atomic mass is 9.97. The molecule has 0 saturated carbocycles. The summed E-state index contributed by atoms with van der Waals surface area (Å²) in [5.41, 5.74) is 0. The highest BCUT2D eigenvalue weighted by Crippen LogP contribution is 2.15. The Morgan fingerprint density at radius 1 is 1.29 bits per heavy atom. The molecule has 24 heavy (non-hydrogen) atoms. The monoisotopic (exact) mass is 361 g/mol. The van der Waals surface area contributed by atoms with Crippen molar-refractivity contribution < 1.29 is 18.0 Å². The van der Waals surface area contributed by atoms with E-state index < -0.39 is 10.0 Å². The Morgan fingerprint density at radius 2 is 1.96 bits per heavy atom. The Labute approximate surface area is 145 Å². The van der Waals surface area contributed by atoms with Crippen LogP contribution in [0, 0.1) is 5.92 Å². The van der Waals surface area contributed by atoms with Crippen LogP contribution in [0.15, 0.2) is 0 Å². The smallest absolute Gasteiger partial charge is 0.223 e. The maximum absolute atomic E-state index is 12.5. The number of nitrogens with zero attached hydrogens (tertiary/aromatic N) is 1. The van der Waals surface area contributed by atoms with Crippen molar-refractivity contribution in [1.29, 1.82) is 0 Å². The number of sulfonamides is 1. The Balaban J connectivity index is 2.74. The van der Waals surface area contributed by atoms with Crippen LogP contribution < -0.4 is 10.6 Å². The van der Waals surface area contributed by atoms with E-state index in [1.165, 1.54) is 4.31 Å². The molecule has 0 aromatic heterocycles. The summed E-state index contributed by atoms with van der Waals surface area (Å²) in [6.45, 7) is 5.06. The van der Waals surface area contributed by atoms with Crippen LogP contribution in [0.2, 0.25) is 0 Å². The van der Waals surface area contributed by atoms with E-state index in [2.05, 4.69) is 10.6 Å². The SMILES string of the molecule is CCC(CC)NC(=O)C1CCCN(S(C)(=O)=O)CCC(=O)NCC1. The van der Waals surface area contributed by atoms with Gasteiger partial charge in [0.2, 0.25) is 21.8 Å². The van der Waals surface area contributed by atoms with Crippen molar-refractivity contribution >= 4 is 21.8 Å². The second-order valence-corrected chi connectivity index (χ2v) is 8.39. The molecule has 1 fully saturated rings. The van der Waals surface area contributed by atoms with Gasteiger partial charge in [-0.25, -0.2) is 12.7 Å². The lowest BCUT2D eigenvalue weighted by molar-refractivity contribution is -0.126. The van der Waals surface area contributed by atoms with Crippen LogP contribution in [0.3, 0.4) is 0 Å². The van der Waals surface area contributed by atoms with Crippen LogP contribution in [0.25, 0.3) is 0 Å². The molecule has 1 unspecified atom stereocenters. The fraction of sp³-hybridized carbons (Fsp3) is 0.875. The van der Waals surface area contributed by atoms with Gasteiger partial charge in [-0.2, -0.15) is 0 Å². The summed E-state index contributed by atoms with van der Waals surface area (Å²) in [4.78, 5) is 24.3. The topological polar surface area (TPSA) is 95.6 Å². The molecule has 0 spiro atoms. The third-order valence-electron chi connectivity index (χ3n) is 4.54. The van der Waals surface area contributed by atoms with Gasteiger partial charge in [0.05, 0.1) is 6.26 Å². The van der Waals surface area contributed by atoms with Crippen LogP contribution in [-0.4, -0.2) is 56.5 Å². The van der Waals surface area contributed by atoms with Crippen LogP contribution in [0.5, 0.6) is 0 Å². The lowest BCUT2D eigenvalue weighted by Gasteiger charge is -2.22. The zero-order valence-corrected chi connectivity index (χ0v) is 15.8. The van der Waals surface area contributed by atoms with Gasteiger partial charge in [-0.05, 0) is 32.1 Å². The van der Waals surface area contributed by atoms with Gasteiger partial charge in [0, 0.05) is 38.0 Å². The van der Waals surface area contributed by atoms with Gasteiger partial charge in [-0.1, -0.05) is 13.8 Å². The van der Waals surface area contributed by atoms with Crippen molar-refractivity contribution in [3.63, 3.8) is 0 Å². The third kappa shape index (κ3) is 7.17. The zero-order chi connectivity index (χ0) is 18.2. The van der Waals surface area contributed by atoms with Crippen molar-refractivity contribution in [3.8, 4) is 0 Å². The Morgan fingerprint density at radius 3 is 2.54 bits per heavy atom. The molecule has 1 heterocycles. The number of rotatable bonds is 5. The van der Waals surface area contributed by atoms with E-state index in [1.807, 2.05) is 13.8 Å². The molecule has 0 bridgehead atoms. The molecule has 0 aromatic carbocycles. The molecule has 1 atom stereocenters. The highest BCUT2D eigenvalue weighted by atomic mass is 32.2. The molecule has 1 aliphatic heterocycles. The van der Waals surface area contributed by atoms with Crippen LogP contribution >= 0.6 is 0 Å². The van der Waals surface area contributed by atoms with Crippen molar-refractivity contribution in [2.45, 2.75) is 58.4 Å². The first-order valence-corrected chi connectivity index (χ1v) is 10.6. The minimum atomic E-state index is -3.34. The highest BCUT2D eigenvalue weighted by molar-refractivity contribution is 7.88. The summed E-state index contributed by atoms with van der Waals surface area (Å²) in [6, 6.07) is 0.165. The Bertz CT molecular complexity index is 517. The van der Waals surface area contributed by atoms with Gasteiger partial charge < -0.3 is 10.6 Å². The number of hydrogen-bond acceptors (Lipinski definition) is 4. The number of carbonyl (C=O) groups is 2. The summed E-state index contributed by atoms with van der Waals surface area (Å²) in [5.74, 6) is -0.377. The number of nitrogens with one attached hydrogen (secondary N) is 2. The van der Waals surface area contributed by atoms with Crippen molar-refractivity contribution in [2.75, 3.05) is 25.9 Å². The molecule has 1 saturated heterocycles. The third-order valence-corrected chi connectivity index (χ3v) is 5.84. The van der Waals surface area contributed by atoms with Crippen LogP contribution in [0.1, 0.15) is 52.4 Å². The standard InChI is InChI=1S/C16H31N3O4S/c1-4-14(5-2)18-16(21)13-7-6-11-19(24(3,22)23)12-9-15(20)17-10-8-13/h13-14H,4-12H2,1-3H3,(H,17,20)(H,18,21). The van der Waals surface area contributed by atoms with Crippen LogP contribution in [-0.2, 0) is 19.6 Å². The van der Waals surface area contributed by atoms with E-state index in [4.69, 9.17) is 0 Å². The summed E-state index contributed by atoms with van der Waals surface area (Å²) < 4.78 is 24.9. The molecule has 0 aromatic rings. The Hall–Kier alpha value is -1.15. The fourth-order valence-corrected chi connectivity index (χ4v) is 3.76. The van der Waals surface area contributed by atoms with E-state index in [0.717, 1.165) is 19.1 Å². The number of amides is 2. The second kappa shape index (κ2) is 9.98. The molecule has 0 aliphatic carbocycles. The van der Waals surface area contributed by atoms with Crippen molar-refractivity contribution in [3.05, 3.63) is 0 Å². The average Bonchev–Trinajstić information content (AvgIpc) is 2.56. The summed E-state index contributed by atoms with van der Waals surface area (Å²) in [6.07, 6.45) is 4.88. The molecule has 2 amide bonds. The highest BCUT2D eigenvalue weighted by Gasteiger charge is 2.24. The predicted molar refractivity (Wildman–Crippen MR) is 93.9 cm³/mol. The predicted octanol–water partition coefficient (Wildman–Crippen LogP) is 0.859. The molecule has 1 rings (SSSR count). The van der Waals surface area contributed by atoms with Gasteiger partial charge in [-0.3, -0.25) is 9.59 Å². The van der Waals surface area contributed by atoms with Crippen molar-refractivity contribution in [2.24, 2.45) is 5.92 Å². The first kappa shape index (κ1) is 20.9. The number of carbonyl (C=O) groups excluding carboxylic acids is 2. The van der Waals surface area contributed by atoms with Gasteiger partial charge in [0.25, 0.3) is 0 Å².